The number of nitrogens with zero attached hydrogens (tertiary/aromatic N) is 2. The van der Waals surface area contributed by atoms with Crippen LogP contribution in [0.2, 0.25) is 0 Å². The van der Waals surface area contributed by atoms with Crippen LogP contribution in [0.15, 0.2) is 46.4 Å². The third-order valence-electron chi connectivity index (χ3n) is 3.34. The van der Waals surface area contributed by atoms with Crippen LogP contribution in [0.4, 0.5) is 13.2 Å². The van der Waals surface area contributed by atoms with Crippen LogP contribution in [0.5, 0.6) is 0 Å². The Labute approximate surface area is 123 Å². The average molecular weight is 312 g/mol. The van der Waals surface area contributed by atoms with Crippen LogP contribution in [0.3, 0.4) is 0 Å². The summed E-state index contributed by atoms with van der Waals surface area (Å²) in [6.45, 7) is 0. The largest absolute Gasteiger partial charge is 0.458 e. The Bertz CT molecular complexity index is 680. The Kier molecular flexibility index (Phi) is 3.40. The van der Waals surface area contributed by atoms with Crippen molar-refractivity contribution in [2.24, 2.45) is 5.16 Å². The minimum atomic E-state index is -4.90. The number of aliphatic hydroxyl groups is 1. The number of oxime groups is 1. The van der Waals surface area contributed by atoms with E-state index in [1.807, 2.05) is 0 Å². The minimum absolute atomic E-state index is 0.0522. The van der Waals surface area contributed by atoms with Crippen LogP contribution in [0.25, 0.3) is 0 Å². The Morgan fingerprint density at radius 1 is 1.18 bits per heavy atom. The maximum Gasteiger partial charge on any atom is 0.458 e. The minimum Gasteiger partial charge on any atom is -0.364 e. The molecule has 0 fully saturated rings. The number of aromatic nitrogens is 1. The molecule has 0 bridgehead atoms. The molecule has 3 rings (SSSR count). The van der Waals surface area contributed by atoms with Gasteiger partial charge in [0.05, 0.1) is 18.3 Å². The van der Waals surface area contributed by atoms with E-state index in [0.29, 0.717) is 12.0 Å². The van der Waals surface area contributed by atoms with Gasteiger partial charge < -0.3 is 14.5 Å². The normalized spacial score (nSPS) is 21.5. The van der Waals surface area contributed by atoms with E-state index < -0.39 is 18.4 Å². The van der Waals surface area contributed by atoms with Gasteiger partial charge in [0.15, 0.2) is 0 Å². The van der Waals surface area contributed by atoms with Gasteiger partial charge in [0.2, 0.25) is 0 Å². The maximum absolute atomic E-state index is 12.6. The van der Waals surface area contributed by atoms with Crippen LogP contribution in [-0.2, 0) is 11.3 Å². The highest BCUT2D eigenvalue weighted by Gasteiger charge is 2.60. The van der Waals surface area contributed by atoms with Crippen LogP contribution in [-0.4, -0.2) is 27.9 Å². The van der Waals surface area contributed by atoms with E-state index in [0.717, 1.165) is 11.1 Å². The first-order valence-electron chi connectivity index (χ1n) is 6.39. The zero-order valence-electron chi connectivity index (χ0n) is 11.2. The van der Waals surface area contributed by atoms with Crippen molar-refractivity contribution in [1.82, 2.24) is 5.16 Å². The fraction of sp³-hybridized carbons (Fsp3) is 0.286. The standard InChI is InChI=1S/C14H11F3N2O3/c15-14(16,17)13(20)6-12(19-22-13)11-3-1-9(2-4-11)5-10-7-18-21-8-10/h1-4,7-8,20H,5-6H2. The van der Waals surface area contributed by atoms with Crippen molar-refractivity contribution in [2.45, 2.75) is 24.8 Å². The average Bonchev–Trinajstić information content (AvgIpc) is 3.09. The van der Waals surface area contributed by atoms with E-state index >= 15 is 0 Å². The van der Waals surface area contributed by atoms with Gasteiger partial charge in [-0.15, -0.1) is 0 Å². The lowest BCUT2D eigenvalue weighted by molar-refractivity contribution is -0.355. The van der Waals surface area contributed by atoms with E-state index in [9.17, 15) is 18.3 Å². The van der Waals surface area contributed by atoms with Crippen molar-refractivity contribution in [2.75, 3.05) is 0 Å². The number of halogens is 3. The molecule has 8 heteroatoms. The molecule has 1 aromatic heterocycles. The molecule has 1 unspecified atom stereocenters. The molecule has 5 nitrogen and oxygen atoms in total. The van der Waals surface area contributed by atoms with E-state index in [2.05, 4.69) is 15.1 Å². The highest BCUT2D eigenvalue weighted by Crippen LogP contribution is 2.38. The molecule has 1 atom stereocenters. The van der Waals surface area contributed by atoms with Crippen molar-refractivity contribution >= 4 is 5.71 Å². The maximum atomic E-state index is 12.6. The molecule has 0 radical (unpaired) electrons. The second-order valence-electron chi connectivity index (χ2n) is 4.99. The fourth-order valence-electron chi connectivity index (χ4n) is 2.09. The Balaban J connectivity index is 1.72. The Hall–Kier alpha value is -2.35. The third-order valence-corrected chi connectivity index (χ3v) is 3.34. The van der Waals surface area contributed by atoms with Crippen molar-refractivity contribution in [3.05, 3.63) is 53.4 Å². The lowest BCUT2D eigenvalue weighted by atomic mass is 10.00. The van der Waals surface area contributed by atoms with Gasteiger partial charge >= 0.3 is 12.0 Å². The molecule has 116 valence electrons. The van der Waals surface area contributed by atoms with Gasteiger partial charge in [0, 0.05) is 12.0 Å². The highest BCUT2D eigenvalue weighted by molar-refractivity contribution is 6.01. The number of rotatable bonds is 3. The molecule has 0 spiro atoms. The van der Waals surface area contributed by atoms with E-state index in [1.54, 1.807) is 30.5 Å². The molecule has 1 aliphatic heterocycles. The summed E-state index contributed by atoms with van der Waals surface area (Å²) in [5, 5.41) is 16.4. The van der Waals surface area contributed by atoms with Gasteiger partial charge in [0.25, 0.3) is 0 Å². The summed E-state index contributed by atoms with van der Waals surface area (Å²) in [4.78, 5) is 4.19. The first-order valence-corrected chi connectivity index (χ1v) is 6.39. The van der Waals surface area contributed by atoms with Gasteiger partial charge in [-0.1, -0.05) is 34.6 Å². The first-order chi connectivity index (χ1) is 10.4. The molecule has 0 saturated carbocycles. The van der Waals surface area contributed by atoms with Gasteiger partial charge in [-0.25, -0.2) is 0 Å². The monoisotopic (exact) mass is 312 g/mol. The number of benzene rings is 1. The fourth-order valence-corrected chi connectivity index (χ4v) is 2.09. The van der Waals surface area contributed by atoms with Crippen LogP contribution in [0.1, 0.15) is 23.1 Å². The van der Waals surface area contributed by atoms with Crippen LogP contribution >= 0.6 is 0 Å². The van der Waals surface area contributed by atoms with Gasteiger partial charge in [-0.3, -0.25) is 0 Å². The molecule has 1 aromatic carbocycles. The van der Waals surface area contributed by atoms with Crippen molar-refractivity contribution < 1.29 is 27.6 Å². The molecule has 22 heavy (non-hydrogen) atoms. The molecule has 0 aliphatic carbocycles. The van der Waals surface area contributed by atoms with E-state index in [1.165, 1.54) is 6.26 Å². The molecule has 0 saturated heterocycles. The third kappa shape index (κ3) is 2.69. The first kappa shape index (κ1) is 14.6. The van der Waals surface area contributed by atoms with Crippen molar-refractivity contribution in [3.63, 3.8) is 0 Å². The summed E-state index contributed by atoms with van der Waals surface area (Å²) < 4.78 is 42.7. The molecule has 1 aliphatic rings. The molecule has 1 N–H and O–H groups in total. The molecule has 0 amide bonds. The van der Waals surface area contributed by atoms with Gasteiger partial charge in [0.1, 0.15) is 6.26 Å². The number of hydrogen-bond donors (Lipinski definition) is 1. The van der Waals surface area contributed by atoms with Gasteiger partial charge in [-0.2, -0.15) is 13.2 Å². The lowest BCUT2D eigenvalue weighted by Gasteiger charge is -2.22. The van der Waals surface area contributed by atoms with E-state index in [-0.39, 0.29) is 5.71 Å². The van der Waals surface area contributed by atoms with Crippen LogP contribution in [0, 0.1) is 0 Å². The highest BCUT2D eigenvalue weighted by atomic mass is 19.4. The van der Waals surface area contributed by atoms with E-state index in [4.69, 9.17) is 4.52 Å². The molecule has 2 aromatic rings. The zero-order chi connectivity index (χ0) is 15.8. The van der Waals surface area contributed by atoms with Crippen LogP contribution < -0.4 is 0 Å². The zero-order valence-corrected chi connectivity index (χ0v) is 11.2. The summed E-state index contributed by atoms with van der Waals surface area (Å²) in [5.41, 5.74) is 2.35. The predicted molar refractivity (Wildman–Crippen MR) is 69.0 cm³/mol. The molecular weight excluding hydrogens is 301 g/mol. The smallest absolute Gasteiger partial charge is 0.364 e. The second-order valence-corrected chi connectivity index (χ2v) is 4.99. The number of alkyl halides is 3. The summed E-state index contributed by atoms with van der Waals surface area (Å²) in [5.74, 6) is -3.25. The topological polar surface area (TPSA) is 67.9 Å². The number of hydrogen-bond acceptors (Lipinski definition) is 5. The predicted octanol–water partition coefficient (Wildman–Crippen LogP) is 2.64. The molecular formula is C14H11F3N2O3. The Morgan fingerprint density at radius 2 is 1.91 bits per heavy atom. The molecule has 2 heterocycles. The summed E-state index contributed by atoms with van der Waals surface area (Å²) in [6.07, 6.45) is -1.92. The summed E-state index contributed by atoms with van der Waals surface area (Å²) >= 11 is 0. The quantitative estimate of drug-likeness (QED) is 0.946. The van der Waals surface area contributed by atoms with Crippen molar-refractivity contribution in [3.8, 4) is 0 Å². The van der Waals surface area contributed by atoms with Crippen molar-refractivity contribution in [1.29, 1.82) is 0 Å². The van der Waals surface area contributed by atoms with Gasteiger partial charge in [-0.05, 0) is 11.1 Å². The lowest BCUT2D eigenvalue weighted by Crippen LogP contribution is -2.45. The summed E-state index contributed by atoms with van der Waals surface area (Å²) in [6, 6.07) is 6.78. The summed E-state index contributed by atoms with van der Waals surface area (Å²) in [7, 11) is 0. The SMILES string of the molecule is OC1(C(F)(F)F)CC(c2ccc(Cc3cnoc3)cc2)=NO1. The second kappa shape index (κ2) is 5.13. The Morgan fingerprint density at radius 3 is 2.45 bits per heavy atom.